The van der Waals surface area contributed by atoms with Crippen LogP contribution >= 0.6 is 0 Å². The lowest BCUT2D eigenvalue weighted by atomic mass is 9.78. The lowest BCUT2D eigenvalue weighted by Gasteiger charge is -2.29. The molecule has 0 saturated carbocycles. The number of allylic oxidation sites excluding steroid dienone is 3. The molecule has 0 unspecified atom stereocenters. The summed E-state index contributed by atoms with van der Waals surface area (Å²) in [6.07, 6.45) is 2.81. The minimum Gasteiger partial charge on any atom is -0.437 e. The standard InChI is InChI=1S/C11H16O3/c1-8-5-9(14-10(12)13-4)7-11(2,3)6-8/h5H,1,6-7H2,2-4H3. The van der Waals surface area contributed by atoms with Gasteiger partial charge >= 0.3 is 6.16 Å². The third-order valence-electron chi connectivity index (χ3n) is 2.10. The number of carbonyl (C=O) groups is 1. The lowest BCUT2D eigenvalue weighted by molar-refractivity contribution is 0.0885. The van der Waals surface area contributed by atoms with Crippen molar-refractivity contribution in [2.45, 2.75) is 26.7 Å². The third kappa shape index (κ3) is 2.91. The molecular formula is C11H16O3. The zero-order chi connectivity index (χ0) is 10.8. The minimum absolute atomic E-state index is 0.106. The van der Waals surface area contributed by atoms with E-state index in [-0.39, 0.29) is 5.41 Å². The Bertz CT molecular complexity index is 287. The van der Waals surface area contributed by atoms with Crippen LogP contribution in [-0.2, 0) is 9.47 Å². The van der Waals surface area contributed by atoms with Crippen molar-refractivity contribution >= 4 is 6.16 Å². The first-order chi connectivity index (χ1) is 6.43. The average molecular weight is 196 g/mol. The van der Waals surface area contributed by atoms with E-state index < -0.39 is 6.16 Å². The summed E-state index contributed by atoms with van der Waals surface area (Å²) in [6, 6.07) is 0. The molecule has 0 aromatic heterocycles. The molecule has 0 N–H and O–H groups in total. The molecule has 0 spiro atoms. The van der Waals surface area contributed by atoms with Gasteiger partial charge in [-0.1, -0.05) is 26.0 Å². The predicted molar refractivity (Wildman–Crippen MR) is 53.7 cm³/mol. The van der Waals surface area contributed by atoms with Gasteiger partial charge in [0.2, 0.25) is 0 Å². The van der Waals surface area contributed by atoms with Crippen LogP contribution in [0, 0.1) is 5.41 Å². The van der Waals surface area contributed by atoms with E-state index >= 15 is 0 Å². The van der Waals surface area contributed by atoms with Gasteiger partial charge in [-0.25, -0.2) is 4.79 Å². The monoisotopic (exact) mass is 196 g/mol. The van der Waals surface area contributed by atoms with E-state index in [0.29, 0.717) is 5.76 Å². The maximum Gasteiger partial charge on any atom is 0.513 e. The Balaban J connectivity index is 2.70. The van der Waals surface area contributed by atoms with Gasteiger partial charge in [0, 0.05) is 6.42 Å². The Kier molecular flexibility index (Phi) is 2.99. The van der Waals surface area contributed by atoms with E-state index in [9.17, 15) is 4.79 Å². The van der Waals surface area contributed by atoms with Gasteiger partial charge in [-0.05, 0) is 17.9 Å². The zero-order valence-corrected chi connectivity index (χ0v) is 8.92. The lowest BCUT2D eigenvalue weighted by Crippen LogP contribution is -2.19. The predicted octanol–water partition coefficient (Wildman–Crippen LogP) is 3.03. The molecule has 3 nitrogen and oxygen atoms in total. The van der Waals surface area contributed by atoms with Crippen molar-refractivity contribution in [3.05, 3.63) is 24.0 Å². The van der Waals surface area contributed by atoms with Crippen LogP contribution in [0.25, 0.3) is 0 Å². The largest absolute Gasteiger partial charge is 0.513 e. The van der Waals surface area contributed by atoms with E-state index in [0.717, 1.165) is 18.4 Å². The highest BCUT2D eigenvalue weighted by Crippen LogP contribution is 2.37. The highest BCUT2D eigenvalue weighted by atomic mass is 16.7. The summed E-state index contributed by atoms with van der Waals surface area (Å²) in [5.41, 5.74) is 1.09. The van der Waals surface area contributed by atoms with Crippen LogP contribution < -0.4 is 0 Å². The van der Waals surface area contributed by atoms with Crippen LogP contribution in [0.15, 0.2) is 24.0 Å². The normalized spacial score (nSPS) is 19.9. The summed E-state index contributed by atoms with van der Waals surface area (Å²) < 4.78 is 9.41. The van der Waals surface area contributed by atoms with Crippen LogP contribution in [0.5, 0.6) is 0 Å². The van der Waals surface area contributed by atoms with Crippen molar-refractivity contribution in [3.63, 3.8) is 0 Å². The summed E-state index contributed by atoms with van der Waals surface area (Å²) in [7, 11) is 1.30. The molecule has 0 aliphatic heterocycles. The number of hydrogen-bond acceptors (Lipinski definition) is 3. The van der Waals surface area contributed by atoms with E-state index in [2.05, 4.69) is 25.2 Å². The smallest absolute Gasteiger partial charge is 0.437 e. The van der Waals surface area contributed by atoms with Gasteiger partial charge in [0.1, 0.15) is 5.76 Å². The van der Waals surface area contributed by atoms with E-state index in [1.807, 2.05) is 6.08 Å². The summed E-state index contributed by atoms with van der Waals surface area (Å²) in [6.45, 7) is 8.12. The average Bonchev–Trinajstić information content (AvgIpc) is 1.99. The minimum atomic E-state index is -0.665. The van der Waals surface area contributed by atoms with Crippen LogP contribution in [0.4, 0.5) is 4.79 Å². The highest BCUT2D eigenvalue weighted by Gasteiger charge is 2.26. The fourth-order valence-electron chi connectivity index (χ4n) is 1.69. The first-order valence-corrected chi connectivity index (χ1v) is 4.57. The van der Waals surface area contributed by atoms with Crippen LogP contribution in [0.3, 0.4) is 0 Å². The number of ether oxygens (including phenoxy) is 2. The second-order valence-electron chi connectivity index (χ2n) is 4.34. The summed E-state index contributed by atoms with van der Waals surface area (Å²) in [4.78, 5) is 10.9. The van der Waals surface area contributed by atoms with Crippen LogP contribution in [0.2, 0.25) is 0 Å². The SMILES string of the molecule is C=C1C=C(OC(=O)OC)CC(C)(C)C1. The Morgan fingerprint density at radius 1 is 1.50 bits per heavy atom. The second-order valence-corrected chi connectivity index (χ2v) is 4.34. The first kappa shape index (κ1) is 10.8. The number of rotatable bonds is 1. The van der Waals surface area contributed by atoms with E-state index in [1.54, 1.807) is 0 Å². The summed E-state index contributed by atoms with van der Waals surface area (Å²) in [5, 5.41) is 0. The zero-order valence-electron chi connectivity index (χ0n) is 8.92. The third-order valence-corrected chi connectivity index (χ3v) is 2.10. The number of carbonyl (C=O) groups excluding carboxylic acids is 1. The molecule has 0 amide bonds. The Hall–Kier alpha value is -1.25. The number of hydrogen-bond donors (Lipinski definition) is 0. The highest BCUT2D eigenvalue weighted by molar-refractivity contribution is 5.61. The van der Waals surface area contributed by atoms with Crippen LogP contribution in [0.1, 0.15) is 26.7 Å². The van der Waals surface area contributed by atoms with E-state index in [4.69, 9.17) is 4.74 Å². The Morgan fingerprint density at radius 2 is 2.14 bits per heavy atom. The topological polar surface area (TPSA) is 35.5 Å². The van der Waals surface area contributed by atoms with Gasteiger partial charge in [-0.2, -0.15) is 0 Å². The molecule has 14 heavy (non-hydrogen) atoms. The van der Waals surface area contributed by atoms with Crippen LogP contribution in [-0.4, -0.2) is 13.3 Å². The molecule has 0 saturated heterocycles. The van der Waals surface area contributed by atoms with Crippen molar-refractivity contribution < 1.29 is 14.3 Å². The Morgan fingerprint density at radius 3 is 2.64 bits per heavy atom. The molecule has 0 aromatic rings. The van der Waals surface area contributed by atoms with Gasteiger partial charge < -0.3 is 9.47 Å². The summed E-state index contributed by atoms with van der Waals surface area (Å²) >= 11 is 0. The molecule has 0 heterocycles. The molecule has 1 rings (SSSR count). The van der Waals surface area contributed by atoms with Gasteiger partial charge in [0.15, 0.2) is 0 Å². The second kappa shape index (κ2) is 3.86. The number of methoxy groups -OCH3 is 1. The molecule has 3 heteroatoms. The summed E-state index contributed by atoms with van der Waals surface area (Å²) in [5.74, 6) is 0.637. The van der Waals surface area contributed by atoms with Gasteiger partial charge in [-0.3, -0.25) is 0 Å². The van der Waals surface area contributed by atoms with E-state index in [1.165, 1.54) is 7.11 Å². The maximum absolute atomic E-state index is 10.9. The molecular weight excluding hydrogens is 180 g/mol. The quantitative estimate of drug-likeness (QED) is 0.605. The molecule has 1 aliphatic rings. The molecule has 0 fully saturated rings. The fourth-order valence-corrected chi connectivity index (χ4v) is 1.69. The molecule has 0 atom stereocenters. The maximum atomic E-state index is 10.9. The van der Waals surface area contributed by atoms with Gasteiger partial charge in [-0.15, -0.1) is 0 Å². The molecule has 1 aliphatic carbocycles. The molecule has 78 valence electrons. The van der Waals surface area contributed by atoms with Gasteiger partial charge in [0.25, 0.3) is 0 Å². The molecule has 0 radical (unpaired) electrons. The van der Waals surface area contributed by atoms with Crippen molar-refractivity contribution in [2.24, 2.45) is 5.41 Å². The molecule has 0 bridgehead atoms. The van der Waals surface area contributed by atoms with Crippen molar-refractivity contribution in [3.8, 4) is 0 Å². The van der Waals surface area contributed by atoms with Crippen molar-refractivity contribution in [1.29, 1.82) is 0 Å². The van der Waals surface area contributed by atoms with Crippen molar-refractivity contribution in [2.75, 3.05) is 7.11 Å². The molecule has 0 aromatic carbocycles. The van der Waals surface area contributed by atoms with Gasteiger partial charge in [0.05, 0.1) is 7.11 Å². The fraction of sp³-hybridized carbons (Fsp3) is 0.545. The Labute approximate surface area is 84.4 Å². The van der Waals surface area contributed by atoms with Crippen molar-refractivity contribution in [1.82, 2.24) is 0 Å². The first-order valence-electron chi connectivity index (χ1n) is 4.57.